The van der Waals surface area contributed by atoms with E-state index in [1.54, 1.807) is 6.92 Å². The van der Waals surface area contributed by atoms with Crippen molar-refractivity contribution in [3.05, 3.63) is 143 Å². The van der Waals surface area contributed by atoms with Crippen molar-refractivity contribution in [1.82, 2.24) is 10.2 Å². The number of hydrogen-bond donors (Lipinski definition) is 2. The molecule has 324 valence electrons. The van der Waals surface area contributed by atoms with Gasteiger partial charge in [0, 0.05) is 51.6 Å². The van der Waals surface area contributed by atoms with Crippen LogP contribution in [0.4, 0.5) is 0 Å². The summed E-state index contributed by atoms with van der Waals surface area (Å²) in [5.74, 6) is -1.14. The van der Waals surface area contributed by atoms with Gasteiger partial charge in [-0.25, -0.2) is 0 Å². The molecule has 4 aromatic rings. The minimum absolute atomic E-state index is 0.0174. The molecule has 4 aliphatic rings. The van der Waals surface area contributed by atoms with Crippen LogP contribution in [0.5, 0.6) is 0 Å². The molecule has 0 aromatic heterocycles. The molecule has 0 saturated carbocycles. The van der Waals surface area contributed by atoms with E-state index in [0.29, 0.717) is 0 Å². The summed E-state index contributed by atoms with van der Waals surface area (Å²) in [6.45, 7) is 20.3. The molecule has 4 heterocycles. The van der Waals surface area contributed by atoms with Crippen molar-refractivity contribution < 1.29 is 24.4 Å². The molecule has 2 saturated heterocycles. The maximum atomic E-state index is 13.1. The van der Waals surface area contributed by atoms with Gasteiger partial charge in [-0.3, -0.25) is 9.59 Å². The fourth-order valence-electron chi connectivity index (χ4n) is 8.27. The molecular formula is C52H66N4O5. The molecule has 0 radical (unpaired) electrons. The van der Waals surface area contributed by atoms with E-state index >= 15 is 0 Å². The highest BCUT2D eigenvalue weighted by Crippen LogP contribution is 2.38. The van der Waals surface area contributed by atoms with Crippen LogP contribution in [0, 0.1) is 0 Å². The molecule has 2 spiro atoms. The molecule has 2 unspecified atom stereocenters. The minimum atomic E-state index is -0.779. The Kier molecular flexibility index (Phi) is 14.2. The van der Waals surface area contributed by atoms with Crippen molar-refractivity contribution in [2.75, 3.05) is 26.2 Å². The largest absolute Gasteiger partial charge is 0.481 e. The smallest absolute Gasteiger partial charge is 0.310 e. The van der Waals surface area contributed by atoms with E-state index in [1.807, 2.05) is 72.5 Å². The monoisotopic (exact) mass is 827 g/mol. The summed E-state index contributed by atoms with van der Waals surface area (Å²) in [5, 5.41) is 20.9. The SMILES string of the molecule is CC(C(=O)N1CCC2(CC1)CC(c1ccccc1)=NO2)c1ccc(C(C)(C)C)cc1.CC(C(=O)O)c1ccc(C(C)(C)C)cc1.c1ccc(C2=NOC3(CCNCC3)C2)cc1. The number of hydrogen-bond acceptors (Lipinski definition) is 7. The van der Waals surface area contributed by atoms with Gasteiger partial charge in [0.15, 0.2) is 0 Å². The Balaban J connectivity index is 0.000000169. The number of aliphatic carboxylic acids is 1. The number of rotatable bonds is 6. The summed E-state index contributed by atoms with van der Waals surface area (Å²) >= 11 is 0. The first kappa shape index (κ1) is 45.3. The van der Waals surface area contributed by atoms with Crippen molar-refractivity contribution in [3.63, 3.8) is 0 Å². The lowest BCUT2D eigenvalue weighted by Crippen LogP contribution is -2.47. The van der Waals surface area contributed by atoms with Gasteiger partial charge >= 0.3 is 5.97 Å². The average Bonchev–Trinajstić information content (AvgIpc) is 3.88. The Morgan fingerprint density at radius 2 is 1.00 bits per heavy atom. The summed E-state index contributed by atoms with van der Waals surface area (Å²) < 4.78 is 0. The zero-order valence-electron chi connectivity index (χ0n) is 37.5. The van der Waals surface area contributed by atoms with Crippen molar-refractivity contribution in [3.8, 4) is 0 Å². The standard InChI is InChI=1S/C26H32N2O2.C13H16N2O.C13H18O2/c1-19(20-10-12-22(13-11-20)25(2,3)4)24(29)28-16-14-26(15-17-28)18-23(27-30-26)21-8-6-5-7-9-21;1-2-4-11(5-3-1)12-10-13(16-15-12)6-8-14-9-7-13;1-9(12(14)15)10-5-7-11(8-6-10)13(2,3)4/h5-13,19H,14-18H2,1-4H3;1-5,14H,6-10H2;5-9H,1-4H3,(H,14,15). The molecule has 0 bridgehead atoms. The summed E-state index contributed by atoms with van der Waals surface area (Å²) in [6.07, 6.45) is 5.56. The highest BCUT2D eigenvalue weighted by Gasteiger charge is 2.44. The third kappa shape index (κ3) is 11.6. The molecule has 2 N–H and O–H groups in total. The Hall–Kier alpha value is -5.28. The molecule has 2 fully saturated rings. The van der Waals surface area contributed by atoms with Crippen LogP contribution in [0.15, 0.2) is 120 Å². The van der Waals surface area contributed by atoms with Gasteiger partial charge in [0.1, 0.15) is 11.2 Å². The number of benzene rings is 4. The lowest BCUT2D eigenvalue weighted by atomic mass is 9.84. The maximum Gasteiger partial charge on any atom is 0.310 e. The number of amides is 1. The van der Waals surface area contributed by atoms with Gasteiger partial charge in [0.05, 0.1) is 23.3 Å². The highest BCUT2D eigenvalue weighted by atomic mass is 16.7. The van der Waals surface area contributed by atoms with Gasteiger partial charge in [0.25, 0.3) is 0 Å². The number of carboxylic acid groups (broad SMARTS) is 1. The molecule has 9 nitrogen and oxygen atoms in total. The first-order valence-electron chi connectivity index (χ1n) is 22.0. The molecular weight excluding hydrogens is 761 g/mol. The van der Waals surface area contributed by atoms with Gasteiger partial charge < -0.3 is 25.0 Å². The molecule has 61 heavy (non-hydrogen) atoms. The van der Waals surface area contributed by atoms with Crippen LogP contribution >= 0.6 is 0 Å². The zero-order valence-corrected chi connectivity index (χ0v) is 37.5. The molecule has 9 heteroatoms. The number of carboxylic acids is 1. The number of carbonyl (C=O) groups is 2. The topological polar surface area (TPSA) is 113 Å². The number of nitrogens with zero attached hydrogens (tertiary/aromatic N) is 3. The quantitative estimate of drug-likeness (QED) is 0.200. The number of likely N-dealkylation sites (tertiary alicyclic amines) is 1. The van der Waals surface area contributed by atoms with Crippen LogP contribution in [0.3, 0.4) is 0 Å². The Bertz CT molecular complexity index is 2120. The van der Waals surface area contributed by atoms with E-state index in [2.05, 4.69) is 106 Å². The number of piperidine rings is 2. The van der Waals surface area contributed by atoms with E-state index in [1.165, 1.54) is 16.7 Å². The molecule has 4 aliphatic heterocycles. The van der Waals surface area contributed by atoms with Crippen LogP contribution in [0.25, 0.3) is 0 Å². The minimum Gasteiger partial charge on any atom is -0.481 e. The van der Waals surface area contributed by atoms with Crippen molar-refractivity contribution in [2.45, 2.75) is 128 Å². The van der Waals surface area contributed by atoms with E-state index < -0.39 is 11.9 Å². The molecule has 0 aliphatic carbocycles. The van der Waals surface area contributed by atoms with Crippen molar-refractivity contribution in [1.29, 1.82) is 0 Å². The van der Waals surface area contributed by atoms with Gasteiger partial charge in [-0.05, 0) is 71.1 Å². The lowest BCUT2D eigenvalue weighted by Gasteiger charge is -2.38. The summed E-state index contributed by atoms with van der Waals surface area (Å²) in [6, 6.07) is 36.9. The predicted octanol–water partition coefficient (Wildman–Crippen LogP) is 10.4. The fraction of sp³-hybridized carbons (Fsp3) is 0.462. The fourth-order valence-corrected chi connectivity index (χ4v) is 8.27. The van der Waals surface area contributed by atoms with E-state index in [4.69, 9.17) is 14.8 Å². The van der Waals surface area contributed by atoms with E-state index in [-0.39, 0.29) is 33.9 Å². The normalized spacial score (nSPS) is 18.9. The number of nitrogens with one attached hydrogen (secondary N) is 1. The van der Waals surface area contributed by atoms with Crippen LogP contribution in [-0.4, -0.2) is 70.7 Å². The Morgan fingerprint density at radius 3 is 1.39 bits per heavy atom. The van der Waals surface area contributed by atoms with E-state index in [9.17, 15) is 9.59 Å². The second kappa shape index (κ2) is 19.2. The third-order valence-electron chi connectivity index (χ3n) is 12.7. The van der Waals surface area contributed by atoms with Crippen molar-refractivity contribution >= 4 is 23.3 Å². The van der Waals surface area contributed by atoms with Gasteiger partial charge in [-0.15, -0.1) is 0 Å². The van der Waals surface area contributed by atoms with Crippen LogP contribution < -0.4 is 5.32 Å². The zero-order chi connectivity index (χ0) is 43.8. The third-order valence-corrected chi connectivity index (χ3v) is 12.7. The van der Waals surface area contributed by atoms with Crippen LogP contribution in [0.2, 0.25) is 0 Å². The molecule has 8 rings (SSSR count). The first-order valence-corrected chi connectivity index (χ1v) is 22.0. The maximum absolute atomic E-state index is 13.1. The summed E-state index contributed by atoms with van der Waals surface area (Å²) in [7, 11) is 0. The first-order chi connectivity index (χ1) is 29.0. The highest BCUT2D eigenvalue weighted by molar-refractivity contribution is 6.02. The summed E-state index contributed by atoms with van der Waals surface area (Å²) in [4.78, 5) is 37.5. The number of carbonyl (C=O) groups excluding carboxylic acids is 1. The van der Waals surface area contributed by atoms with Crippen molar-refractivity contribution in [2.24, 2.45) is 10.3 Å². The molecule has 1 amide bonds. The predicted molar refractivity (Wildman–Crippen MR) is 245 cm³/mol. The van der Waals surface area contributed by atoms with E-state index in [0.717, 1.165) is 92.8 Å². The van der Waals surface area contributed by atoms with Gasteiger partial charge in [-0.1, -0.05) is 161 Å². The van der Waals surface area contributed by atoms with Crippen LogP contribution in [0.1, 0.15) is 139 Å². The second-order valence-corrected chi connectivity index (χ2v) is 19.3. The lowest BCUT2D eigenvalue weighted by molar-refractivity contribution is -0.139. The average molecular weight is 827 g/mol. The number of oxime groups is 2. The van der Waals surface area contributed by atoms with Crippen LogP contribution in [-0.2, 0) is 30.1 Å². The molecule has 2 atom stereocenters. The Morgan fingerprint density at radius 1 is 0.607 bits per heavy atom. The summed E-state index contributed by atoms with van der Waals surface area (Å²) in [5.41, 5.74) is 8.86. The second-order valence-electron chi connectivity index (χ2n) is 19.3. The molecule has 4 aromatic carbocycles. The van der Waals surface area contributed by atoms with Gasteiger partial charge in [0.2, 0.25) is 5.91 Å². The van der Waals surface area contributed by atoms with Gasteiger partial charge in [-0.2, -0.15) is 0 Å². The Labute approximate surface area is 363 Å².